The number of ether oxygens (including phenoxy) is 1. The fraction of sp³-hybridized carbons (Fsp3) is 0.370. The van der Waals surface area contributed by atoms with Crippen LogP contribution in [0.2, 0.25) is 5.02 Å². The number of methoxy groups -OCH3 is 1. The fourth-order valence-corrected chi connectivity index (χ4v) is 6.69. The largest absolute Gasteiger partial charge is 0.494 e. The Balaban J connectivity index is 1.42. The van der Waals surface area contributed by atoms with Crippen LogP contribution in [0.25, 0.3) is 0 Å². The Hall–Kier alpha value is -3.69. The Morgan fingerprint density at radius 1 is 1.12 bits per heavy atom. The van der Waals surface area contributed by atoms with Gasteiger partial charge in [0, 0.05) is 43.4 Å². The predicted octanol–water partition coefficient (Wildman–Crippen LogP) is 5.73. The van der Waals surface area contributed by atoms with Gasteiger partial charge in [0.1, 0.15) is 29.4 Å². The molecule has 2 fully saturated rings. The molecule has 0 amide bonds. The Morgan fingerprint density at radius 3 is 2.45 bits per heavy atom. The van der Waals surface area contributed by atoms with Crippen molar-refractivity contribution in [2.75, 3.05) is 49.1 Å². The van der Waals surface area contributed by atoms with Gasteiger partial charge < -0.3 is 24.8 Å². The number of hydrogen-bond donors (Lipinski definition) is 2. The number of aromatic nitrogens is 2. The van der Waals surface area contributed by atoms with Crippen molar-refractivity contribution in [3.8, 4) is 5.75 Å². The highest BCUT2D eigenvalue weighted by molar-refractivity contribution is 7.70. The van der Waals surface area contributed by atoms with Crippen molar-refractivity contribution in [2.45, 2.75) is 25.7 Å². The number of rotatable bonds is 8. The van der Waals surface area contributed by atoms with E-state index in [1.807, 2.05) is 17.0 Å². The van der Waals surface area contributed by atoms with Gasteiger partial charge in [0.05, 0.1) is 29.6 Å². The lowest BCUT2D eigenvalue weighted by Gasteiger charge is -2.47. The summed E-state index contributed by atoms with van der Waals surface area (Å²) in [7, 11) is -1.10. The second-order valence-electron chi connectivity index (χ2n) is 10.7. The number of piperidine rings is 1. The molecule has 0 radical (unpaired) electrons. The number of anilines is 5. The van der Waals surface area contributed by atoms with Crippen LogP contribution in [0.15, 0.2) is 42.6 Å². The van der Waals surface area contributed by atoms with E-state index in [0.29, 0.717) is 59.8 Å². The maximum Gasteiger partial charge on any atom is 0.294 e. The van der Waals surface area contributed by atoms with E-state index in [1.165, 1.54) is 19.4 Å². The number of nitro groups is 1. The Kier molecular flexibility index (Phi) is 7.46. The molecule has 3 aromatic rings. The van der Waals surface area contributed by atoms with Gasteiger partial charge in [-0.1, -0.05) is 23.7 Å². The predicted molar refractivity (Wildman–Crippen MR) is 157 cm³/mol. The van der Waals surface area contributed by atoms with Crippen molar-refractivity contribution in [2.24, 2.45) is 5.41 Å². The van der Waals surface area contributed by atoms with Crippen LogP contribution in [0.3, 0.4) is 0 Å². The van der Waals surface area contributed by atoms with Crippen molar-refractivity contribution >= 4 is 64.3 Å². The normalized spacial score (nSPS) is 16.4. The zero-order chi connectivity index (χ0) is 28.7. The van der Waals surface area contributed by atoms with Crippen molar-refractivity contribution < 1.29 is 19.0 Å². The molecule has 2 N–H and O–H groups in total. The molecular formula is C27H30ClN6O5P. The first-order valence-corrected chi connectivity index (χ1v) is 15.8. The molecule has 2 aliphatic rings. The number of hydrogen-bond acceptors (Lipinski definition) is 10. The second-order valence-corrected chi connectivity index (χ2v) is 14.3. The van der Waals surface area contributed by atoms with E-state index in [9.17, 15) is 19.5 Å². The van der Waals surface area contributed by atoms with Crippen molar-refractivity contribution in [3.05, 3.63) is 57.7 Å². The minimum Gasteiger partial charge on any atom is -0.494 e. The molecule has 5 rings (SSSR count). The van der Waals surface area contributed by atoms with Gasteiger partial charge in [0.2, 0.25) is 5.95 Å². The summed E-state index contributed by atoms with van der Waals surface area (Å²) in [6.45, 7) is 4.62. The standard InChI is InChI=1S/C27H30ClN6O5P/c1-39-23-13-21(33-10-8-27(9-11-33)14-17(35)15-27)22(34(36)37)12-20(23)31-26-29-16-18(28)25(32-26)30-19-6-4-5-7-24(19)40(2,3)38/h4-7,12-13,16H,8-11,14-15H2,1-3H3,(H2,29,30,31,32). The zero-order valence-electron chi connectivity index (χ0n) is 22.4. The monoisotopic (exact) mass is 584 g/mol. The third-order valence-corrected chi connectivity index (χ3v) is 9.36. The maximum atomic E-state index is 12.8. The summed E-state index contributed by atoms with van der Waals surface area (Å²) in [5.74, 6) is 1.09. The van der Waals surface area contributed by atoms with E-state index < -0.39 is 12.1 Å². The zero-order valence-corrected chi connectivity index (χ0v) is 24.1. The molecule has 2 aromatic carbocycles. The van der Waals surface area contributed by atoms with Gasteiger partial charge in [-0.3, -0.25) is 14.9 Å². The Labute approximate surface area is 236 Å². The van der Waals surface area contributed by atoms with Gasteiger partial charge >= 0.3 is 0 Å². The van der Waals surface area contributed by atoms with E-state index >= 15 is 0 Å². The molecule has 11 nitrogen and oxygen atoms in total. The summed E-state index contributed by atoms with van der Waals surface area (Å²) in [5.41, 5.74) is 1.36. The smallest absolute Gasteiger partial charge is 0.294 e. The lowest BCUT2D eigenvalue weighted by Crippen LogP contribution is -2.47. The number of Topliss-reactive ketones (excluding diaryl/α,β-unsaturated/α-hetero) is 1. The molecule has 1 saturated heterocycles. The average Bonchev–Trinajstić information content (AvgIpc) is 2.90. The van der Waals surface area contributed by atoms with Gasteiger partial charge in [0.15, 0.2) is 5.82 Å². The third-order valence-electron chi connectivity index (χ3n) is 7.53. The molecular weight excluding hydrogens is 555 g/mol. The third kappa shape index (κ3) is 5.62. The summed E-state index contributed by atoms with van der Waals surface area (Å²) in [6.07, 6.45) is 4.26. The average molecular weight is 585 g/mol. The molecule has 1 aliphatic carbocycles. The van der Waals surface area contributed by atoms with Gasteiger partial charge in [-0.15, -0.1) is 0 Å². The number of halogens is 1. The SMILES string of the molecule is COc1cc(N2CCC3(CC2)CC(=O)C3)c([N+](=O)[O-])cc1Nc1ncc(Cl)c(Nc2ccccc2P(C)(C)=O)n1. The van der Waals surface area contributed by atoms with Crippen LogP contribution in [0.5, 0.6) is 5.75 Å². The van der Waals surface area contributed by atoms with Crippen LogP contribution >= 0.6 is 18.7 Å². The highest BCUT2D eigenvalue weighted by Gasteiger charge is 2.45. The maximum absolute atomic E-state index is 12.8. The Bertz CT molecular complexity index is 1530. The quantitative estimate of drug-likeness (QED) is 0.191. The Morgan fingerprint density at radius 2 is 1.82 bits per heavy atom. The van der Waals surface area contributed by atoms with E-state index in [2.05, 4.69) is 20.6 Å². The first kappa shape index (κ1) is 27.9. The van der Waals surface area contributed by atoms with E-state index in [-0.39, 0.29) is 27.9 Å². The first-order valence-electron chi connectivity index (χ1n) is 12.8. The number of nitrogens with one attached hydrogen (secondary N) is 2. The molecule has 1 aromatic heterocycles. The van der Waals surface area contributed by atoms with E-state index in [4.69, 9.17) is 16.3 Å². The van der Waals surface area contributed by atoms with Gasteiger partial charge in [-0.25, -0.2) is 4.98 Å². The van der Waals surface area contributed by atoms with Crippen LogP contribution in [0, 0.1) is 15.5 Å². The van der Waals surface area contributed by atoms with E-state index in [0.717, 1.165) is 12.8 Å². The van der Waals surface area contributed by atoms with Crippen LogP contribution in [-0.4, -0.2) is 54.2 Å². The highest BCUT2D eigenvalue weighted by Crippen LogP contribution is 2.49. The fourth-order valence-electron chi connectivity index (χ4n) is 5.40. The second kappa shape index (κ2) is 10.7. The molecule has 0 bridgehead atoms. The number of nitrogens with zero attached hydrogens (tertiary/aromatic N) is 4. The number of ketones is 1. The minimum atomic E-state index is -2.59. The number of benzene rings is 2. The number of carbonyl (C=O) groups excluding carboxylic acids is 1. The van der Waals surface area contributed by atoms with Crippen LogP contribution in [0.1, 0.15) is 25.7 Å². The van der Waals surface area contributed by atoms with Crippen molar-refractivity contribution in [1.82, 2.24) is 9.97 Å². The molecule has 0 atom stereocenters. The molecule has 1 aliphatic heterocycles. The molecule has 13 heteroatoms. The van der Waals surface area contributed by atoms with Crippen molar-refractivity contribution in [1.29, 1.82) is 0 Å². The molecule has 1 spiro atoms. The minimum absolute atomic E-state index is 0.0529. The number of nitro benzene ring substituents is 1. The summed E-state index contributed by atoms with van der Waals surface area (Å²) < 4.78 is 18.4. The summed E-state index contributed by atoms with van der Waals surface area (Å²) >= 11 is 6.37. The lowest BCUT2D eigenvalue weighted by atomic mass is 9.62. The molecule has 40 heavy (non-hydrogen) atoms. The summed E-state index contributed by atoms with van der Waals surface area (Å²) in [5, 5.41) is 19.2. The van der Waals surface area contributed by atoms with E-state index in [1.54, 1.807) is 31.5 Å². The number of para-hydroxylation sites is 1. The summed E-state index contributed by atoms with van der Waals surface area (Å²) in [4.78, 5) is 33.9. The molecule has 0 unspecified atom stereocenters. The lowest BCUT2D eigenvalue weighted by molar-refractivity contribution is -0.384. The first-order chi connectivity index (χ1) is 19.0. The molecule has 210 valence electrons. The van der Waals surface area contributed by atoms with Crippen LogP contribution in [0.4, 0.5) is 34.5 Å². The van der Waals surface area contributed by atoms with Gasteiger partial charge in [-0.2, -0.15) is 4.98 Å². The van der Waals surface area contributed by atoms with Gasteiger partial charge in [0.25, 0.3) is 5.69 Å². The number of carbonyl (C=O) groups is 1. The van der Waals surface area contributed by atoms with Crippen molar-refractivity contribution in [3.63, 3.8) is 0 Å². The highest BCUT2D eigenvalue weighted by atomic mass is 35.5. The van der Waals surface area contributed by atoms with Gasteiger partial charge in [-0.05, 0) is 43.7 Å². The molecule has 1 saturated carbocycles. The van der Waals surface area contributed by atoms with Crippen LogP contribution in [-0.2, 0) is 9.36 Å². The molecule has 2 heterocycles. The van der Waals surface area contributed by atoms with Crippen LogP contribution < -0.4 is 25.6 Å². The topological polar surface area (TPSA) is 140 Å². The summed E-state index contributed by atoms with van der Waals surface area (Å²) in [6, 6.07) is 10.3.